The van der Waals surface area contributed by atoms with Crippen molar-refractivity contribution >= 4 is 45.1 Å². The molecule has 6 rings (SSSR count). The molecule has 3 aliphatic carbocycles. The van der Waals surface area contributed by atoms with E-state index in [1.807, 2.05) is 36.4 Å². The number of nitrogens with one attached hydrogen (secondary N) is 1. The summed E-state index contributed by atoms with van der Waals surface area (Å²) in [5.41, 5.74) is 3.48. The number of hydrogen-bond acceptors (Lipinski definition) is 5. The van der Waals surface area contributed by atoms with Crippen LogP contribution in [0.4, 0.5) is 5.82 Å². The molecule has 0 radical (unpaired) electrons. The van der Waals surface area contributed by atoms with Gasteiger partial charge in [-0.1, -0.05) is 37.1 Å². The van der Waals surface area contributed by atoms with Gasteiger partial charge in [0.05, 0.1) is 11.4 Å². The Kier molecular flexibility index (Phi) is 4.12. The molecule has 2 aromatic carbocycles. The first kappa shape index (κ1) is 16.8. The summed E-state index contributed by atoms with van der Waals surface area (Å²) in [5.74, 6) is 1.36. The fourth-order valence-corrected chi connectivity index (χ4v) is 4.88. The van der Waals surface area contributed by atoms with Crippen LogP contribution in [0.25, 0.3) is 21.7 Å². The van der Waals surface area contributed by atoms with Gasteiger partial charge in [0.1, 0.15) is 0 Å². The highest BCUT2D eigenvalue weighted by atomic mass is 35.5. The second kappa shape index (κ2) is 6.64. The van der Waals surface area contributed by atoms with Crippen molar-refractivity contribution in [3.63, 3.8) is 0 Å². The lowest BCUT2D eigenvalue weighted by Crippen LogP contribution is -2.37. The molecule has 1 aromatic heterocycles. The standard InChI is InChI=1S/C21H20ClN3O2/c22-21-23-18-11-15-4-2-1-3-14(15)10-17(18)19(24-21)25-27-20(26)16-9-12-5-7-13(16)8-6-12/h1-4,10-13,16H,5-9H2,(H,23,24,25). The van der Waals surface area contributed by atoms with Crippen LogP contribution in [0.5, 0.6) is 0 Å². The normalized spacial score (nSPS) is 24.3. The first-order chi connectivity index (χ1) is 13.2. The minimum atomic E-state index is -0.187. The van der Waals surface area contributed by atoms with Crippen LogP contribution in [0.1, 0.15) is 32.1 Å². The summed E-state index contributed by atoms with van der Waals surface area (Å²) in [6.45, 7) is 0. The number of carbonyl (C=O) groups excluding carboxylic acids is 1. The van der Waals surface area contributed by atoms with Crippen LogP contribution in [-0.4, -0.2) is 15.9 Å². The van der Waals surface area contributed by atoms with Crippen LogP contribution in [-0.2, 0) is 9.63 Å². The average Bonchev–Trinajstić information content (AvgIpc) is 2.71. The van der Waals surface area contributed by atoms with Crippen molar-refractivity contribution in [1.82, 2.24) is 9.97 Å². The van der Waals surface area contributed by atoms with E-state index in [-0.39, 0.29) is 17.2 Å². The lowest BCUT2D eigenvalue weighted by atomic mass is 9.65. The molecule has 0 aliphatic heterocycles. The van der Waals surface area contributed by atoms with Gasteiger partial charge in [-0.2, -0.15) is 10.5 Å². The van der Waals surface area contributed by atoms with Crippen molar-refractivity contribution in [2.75, 3.05) is 5.48 Å². The first-order valence-electron chi connectivity index (χ1n) is 9.50. The fraction of sp³-hybridized carbons (Fsp3) is 0.381. The first-order valence-corrected chi connectivity index (χ1v) is 9.88. The van der Waals surface area contributed by atoms with Gasteiger partial charge in [-0.3, -0.25) is 0 Å². The molecule has 1 unspecified atom stereocenters. The molecule has 0 amide bonds. The average molecular weight is 382 g/mol. The van der Waals surface area contributed by atoms with E-state index in [1.165, 1.54) is 12.8 Å². The molecule has 3 fully saturated rings. The zero-order valence-electron chi connectivity index (χ0n) is 14.8. The molecule has 3 saturated carbocycles. The van der Waals surface area contributed by atoms with Gasteiger partial charge in [-0.05, 0) is 65.6 Å². The molecule has 1 N–H and O–H groups in total. The van der Waals surface area contributed by atoms with Gasteiger partial charge in [0.15, 0.2) is 5.82 Å². The number of rotatable bonds is 3. The highest BCUT2D eigenvalue weighted by Gasteiger charge is 2.40. The smallest absolute Gasteiger partial charge is 0.335 e. The van der Waals surface area contributed by atoms with Crippen LogP contribution in [0.3, 0.4) is 0 Å². The van der Waals surface area contributed by atoms with Gasteiger partial charge in [-0.15, -0.1) is 0 Å². The highest BCUT2D eigenvalue weighted by Crippen LogP contribution is 2.45. The van der Waals surface area contributed by atoms with E-state index < -0.39 is 0 Å². The molecular formula is C21H20ClN3O2. The Morgan fingerprint density at radius 1 is 1.07 bits per heavy atom. The Morgan fingerprint density at radius 2 is 1.81 bits per heavy atom. The second-order valence-corrected chi connectivity index (χ2v) is 8.04. The van der Waals surface area contributed by atoms with E-state index in [0.29, 0.717) is 23.2 Å². The Morgan fingerprint density at radius 3 is 2.52 bits per heavy atom. The number of anilines is 1. The van der Waals surface area contributed by atoms with E-state index in [0.717, 1.165) is 35.4 Å². The summed E-state index contributed by atoms with van der Waals surface area (Å²) in [5, 5.41) is 3.03. The summed E-state index contributed by atoms with van der Waals surface area (Å²) >= 11 is 6.09. The SMILES string of the molecule is O=C(ONc1nc(Cl)nc2cc3ccccc3cc12)C1CC2CCC1CC2. The molecule has 5 nitrogen and oxygen atoms in total. The molecule has 6 heteroatoms. The monoisotopic (exact) mass is 381 g/mol. The number of fused-ring (bicyclic) bond motifs is 5. The number of carbonyl (C=O) groups is 1. The number of halogens is 1. The van der Waals surface area contributed by atoms with Crippen molar-refractivity contribution in [2.24, 2.45) is 17.8 Å². The molecule has 1 atom stereocenters. The third kappa shape index (κ3) is 3.10. The third-order valence-electron chi connectivity index (χ3n) is 6.13. The van der Waals surface area contributed by atoms with Gasteiger partial charge in [0.25, 0.3) is 0 Å². The summed E-state index contributed by atoms with van der Waals surface area (Å²) in [7, 11) is 0. The van der Waals surface area contributed by atoms with Crippen molar-refractivity contribution in [2.45, 2.75) is 32.1 Å². The predicted molar refractivity (Wildman–Crippen MR) is 105 cm³/mol. The summed E-state index contributed by atoms with van der Waals surface area (Å²) in [6, 6.07) is 12.0. The maximum Gasteiger partial charge on any atom is 0.335 e. The van der Waals surface area contributed by atoms with Crippen molar-refractivity contribution in [1.29, 1.82) is 0 Å². The van der Waals surface area contributed by atoms with Crippen molar-refractivity contribution in [3.8, 4) is 0 Å². The molecule has 2 bridgehead atoms. The van der Waals surface area contributed by atoms with Gasteiger partial charge in [-0.25, -0.2) is 9.78 Å². The fourth-order valence-electron chi connectivity index (χ4n) is 4.71. The van der Waals surface area contributed by atoms with Gasteiger partial charge in [0.2, 0.25) is 5.28 Å². The number of nitrogens with zero attached hydrogens (tertiary/aromatic N) is 2. The largest absolute Gasteiger partial charge is 0.342 e. The zero-order chi connectivity index (χ0) is 18.4. The highest BCUT2D eigenvalue weighted by molar-refractivity contribution is 6.29. The van der Waals surface area contributed by atoms with Crippen LogP contribution >= 0.6 is 11.6 Å². The quantitative estimate of drug-likeness (QED) is 0.387. The maximum absolute atomic E-state index is 12.6. The molecule has 3 aromatic rings. The molecule has 0 spiro atoms. The van der Waals surface area contributed by atoms with Crippen LogP contribution < -0.4 is 5.48 Å². The topological polar surface area (TPSA) is 64.1 Å². The Balaban J connectivity index is 1.42. The van der Waals surface area contributed by atoms with E-state index in [1.54, 1.807) is 0 Å². The van der Waals surface area contributed by atoms with E-state index in [9.17, 15) is 4.79 Å². The molecule has 0 saturated heterocycles. The molecular weight excluding hydrogens is 362 g/mol. The van der Waals surface area contributed by atoms with E-state index in [4.69, 9.17) is 16.4 Å². The predicted octanol–water partition coefficient (Wildman–Crippen LogP) is 5.13. The maximum atomic E-state index is 12.6. The van der Waals surface area contributed by atoms with Gasteiger partial charge in [0, 0.05) is 5.39 Å². The summed E-state index contributed by atoms with van der Waals surface area (Å²) in [6.07, 6.45) is 5.72. The Bertz CT molecular complexity index is 1030. The number of aromatic nitrogens is 2. The zero-order valence-corrected chi connectivity index (χ0v) is 15.6. The Labute approximate surface area is 162 Å². The van der Waals surface area contributed by atoms with E-state index in [2.05, 4.69) is 15.4 Å². The molecule has 138 valence electrons. The molecule has 27 heavy (non-hydrogen) atoms. The van der Waals surface area contributed by atoms with Crippen molar-refractivity contribution < 1.29 is 9.63 Å². The minimum absolute atomic E-state index is 0.00518. The van der Waals surface area contributed by atoms with E-state index >= 15 is 0 Å². The van der Waals surface area contributed by atoms with Crippen LogP contribution in [0.15, 0.2) is 36.4 Å². The van der Waals surface area contributed by atoms with Gasteiger partial charge >= 0.3 is 5.97 Å². The second-order valence-electron chi connectivity index (χ2n) is 7.70. The lowest BCUT2D eigenvalue weighted by Gasteiger charge is -2.40. The number of benzene rings is 2. The van der Waals surface area contributed by atoms with Crippen LogP contribution in [0, 0.1) is 17.8 Å². The molecule has 3 aliphatic rings. The van der Waals surface area contributed by atoms with Crippen molar-refractivity contribution in [3.05, 3.63) is 41.7 Å². The Hall–Kier alpha value is -2.40. The number of hydrogen-bond donors (Lipinski definition) is 1. The summed E-state index contributed by atoms with van der Waals surface area (Å²) < 4.78 is 0. The van der Waals surface area contributed by atoms with Gasteiger partial charge < -0.3 is 4.84 Å². The summed E-state index contributed by atoms with van der Waals surface area (Å²) in [4.78, 5) is 26.6. The molecule has 1 heterocycles. The minimum Gasteiger partial charge on any atom is -0.342 e. The lowest BCUT2D eigenvalue weighted by molar-refractivity contribution is -0.151. The van der Waals surface area contributed by atoms with Crippen LogP contribution in [0.2, 0.25) is 5.28 Å². The third-order valence-corrected chi connectivity index (χ3v) is 6.30.